The molecule has 2 aromatic rings. The van der Waals surface area contributed by atoms with Crippen molar-refractivity contribution in [1.29, 1.82) is 0 Å². The highest BCUT2D eigenvalue weighted by atomic mass is 32.2. The molecular weight excluding hydrogens is 296 g/mol. The highest BCUT2D eigenvalue weighted by molar-refractivity contribution is 7.95. The number of rotatable bonds is 11. The molecule has 0 amide bonds. The van der Waals surface area contributed by atoms with E-state index >= 15 is 0 Å². The second-order valence-electron chi connectivity index (χ2n) is 5.22. The summed E-state index contributed by atoms with van der Waals surface area (Å²) >= 11 is 1.08. The van der Waals surface area contributed by atoms with Gasteiger partial charge in [0.05, 0.1) is 17.8 Å². The van der Waals surface area contributed by atoms with Crippen molar-refractivity contribution >= 4 is 28.8 Å². The maximum absolute atomic E-state index is 5.15. The van der Waals surface area contributed by atoms with Gasteiger partial charge in [-0.1, -0.05) is 57.2 Å². The lowest BCUT2D eigenvalue weighted by atomic mass is 10.1. The maximum Gasteiger partial charge on any atom is 0.149 e. The molecule has 22 heavy (non-hydrogen) atoms. The molecule has 0 radical (unpaired) electrons. The number of benzene rings is 1. The zero-order chi connectivity index (χ0) is 15.5. The van der Waals surface area contributed by atoms with E-state index in [1.54, 1.807) is 6.20 Å². The van der Waals surface area contributed by atoms with E-state index in [0.29, 0.717) is 6.61 Å². The van der Waals surface area contributed by atoms with Crippen molar-refractivity contribution < 1.29 is 9.22 Å². The summed E-state index contributed by atoms with van der Waals surface area (Å²) in [5.74, 6) is 0. The van der Waals surface area contributed by atoms with E-state index in [4.69, 9.17) is 9.22 Å². The first-order valence-corrected chi connectivity index (χ1v) is 8.71. The summed E-state index contributed by atoms with van der Waals surface area (Å²) in [6.45, 7) is 2.86. The van der Waals surface area contributed by atoms with Crippen molar-refractivity contribution in [3.05, 3.63) is 36.5 Å². The summed E-state index contributed by atoms with van der Waals surface area (Å²) in [4.78, 5) is 9.53. The number of pyridine rings is 1. The molecule has 1 aromatic carbocycles. The standard InChI is InChI=1S/C17H24N2O2S/c1-2-3-4-5-6-7-14-20-21-22-19-16-12-8-10-15-11-9-13-18-17(15)16/h8-13,19H,2-7,14H2,1H3. The molecule has 0 aliphatic carbocycles. The first-order chi connectivity index (χ1) is 10.9. The van der Waals surface area contributed by atoms with Crippen LogP contribution in [0.1, 0.15) is 45.4 Å². The molecule has 4 nitrogen and oxygen atoms in total. The Morgan fingerprint density at radius 2 is 1.86 bits per heavy atom. The Bertz CT molecular complexity index is 546. The van der Waals surface area contributed by atoms with E-state index < -0.39 is 0 Å². The molecule has 1 aromatic heterocycles. The Labute approximate surface area is 136 Å². The van der Waals surface area contributed by atoms with Crippen LogP contribution in [0.2, 0.25) is 0 Å². The highest BCUT2D eigenvalue weighted by Crippen LogP contribution is 2.23. The van der Waals surface area contributed by atoms with Crippen molar-refractivity contribution in [3.63, 3.8) is 0 Å². The Balaban J connectivity index is 1.59. The lowest BCUT2D eigenvalue weighted by molar-refractivity contribution is -0.191. The van der Waals surface area contributed by atoms with E-state index in [1.807, 2.05) is 30.3 Å². The number of hydrogen-bond acceptors (Lipinski definition) is 5. The van der Waals surface area contributed by atoms with E-state index in [0.717, 1.165) is 35.2 Å². The predicted octanol–water partition coefficient (Wildman–Crippen LogP) is 5.52. The average Bonchev–Trinajstić information content (AvgIpc) is 2.56. The molecule has 0 spiro atoms. The molecule has 0 saturated heterocycles. The van der Waals surface area contributed by atoms with Gasteiger partial charge < -0.3 is 4.72 Å². The second kappa shape index (κ2) is 10.4. The molecule has 2 rings (SSSR count). The molecule has 1 heterocycles. The minimum absolute atomic E-state index is 0.634. The summed E-state index contributed by atoms with van der Waals surface area (Å²) < 4.78 is 8.21. The summed E-state index contributed by atoms with van der Waals surface area (Å²) in [5, 5.41) is 1.10. The minimum atomic E-state index is 0.634. The van der Waals surface area contributed by atoms with Crippen molar-refractivity contribution in [2.24, 2.45) is 0 Å². The van der Waals surface area contributed by atoms with Crippen molar-refractivity contribution in [2.45, 2.75) is 45.4 Å². The van der Waals surface area contributed by atoms with Gasteiger partial charge >= 0.3 is 0 Å². The van der Waals surface area contributed by atoms with Crippen LogP contribution in [0.4, 0.5) is 5.69 Å². The van der Waals surface area contributed by atoms with Crippen LogP contribution in [0.15, 0.2) is 36.5 Å². The smallest absolute Gasteiger partial charge is 0.149 e. The summed E-state index contributed by atoms with van der Waals surface area (Å²) in [7, 11) is 0. The van der Waals surface area contributed by atoms with Crippen LogP contribution in [0, 0.1) is 0 Å². The van der Waals surface area contributed by atoms with Gasteiger partial charge in [-0.25, -0.2) is 4.89 Å². The van der Waals surface area contributed by atoms with Crippen molar-refractivity contribution in [2.75, 3.05) is 11.3 Å². The molecule has 0 saturated carbocycles. The molecule has 120 valence electrons. The fraction of sp³-hybridized carbons (Fsp3) is 0.471. The Morgan fingerprint density at radius 3 is 2.77 bits per heavy atom. The largest absolute Gasteiger partial charge is 0.302 e. The third-order valence-electron chi connectivity index (χ3n) is 3.45. The number of hydrogen-bond donors (Lipinski definition) is 1. The Kier molecular flexibility index (Phi) is 8.09. The van der Waals surface area contributed by atoms with E-state index in [1.165, 1.54) is 32.1 Å². The van der Waals surface area contributed by atoms with Gasteiger partial charge in [-0.3, -0.25) is 4.98 Å². The lowest BCUT2D eigenvalue weighted by Crippen LogP contribution is -1.96. The van der Waals surface area contributed by atoms with Crippen LogP contribution >= 0.6 is 12.2 Å². The van der Waals surface area contributed by atoms with E-state index in [9.17, 15) is 0 Å². The van der Waals surface area contributed by atoms with Gasteiger partial charge in [-0.05, 0) is 18.6 Å². The molecule has 5 heteroatoms. The molecular formula is C17H24N2O2S. The van der Waals surface area contributed by atoms with Crippen molar-refractivity contribution in [1.82, 2.24) is 4.98 Å². The lowest BCUT2D eigenvalue weighted by Gasteiger charge is -2.07. The predicted molar refractivity (Wildman–Crippen MR) is 93.4 cm³/mol. The molecule has 1 N–H and O–H groups in total. The van der Waals surface area contributed by atoms with E-state index in [-0.39, 0.29) is 0 Å². The third kappa shape index (κ3) is 5.83. The Morgan fingerprint density at radius 1 is 1.05 bits per heavy atom. The molecule has 0 atom stereocenters. The molecule has 0 fully saturated rings. The number of nitrogens with zero attached hydrogens (tertiary/aromatic N) is 1. The molecule has 0 aliphatic heterocycles. The van der Waals surface area contributed by atoms with Crippen LogP contribution in [-0.2, 0) is 9.22 Å². The number of anilines is 1. The van der Waals surface area contributed by atoms with Crippen LogP contribution in [0.25, 0.3) is 10.9 Å². The first-order valence-electron chi connectivity index (χ1n) is 7.96. The number of fused-ring (bicyclic) bond motifs is 1. The minimum Gasteiger partial charge on any atom is -0.302 e. The van der Waals surface area contributed by atoms with Crippen LogP contribution in [-0.4, -0.2) is 11.6 Å². The normalized spacial score (nSPS) is 11.0. The average molecular weight is 320 g/mol. The van der Waals surface area contributed by atoms with Gasteiger partial charge in [0, 0.05) is 11.6 Å². The summed E-state index contributed by atoms with van der Waals surface area (Å²) in [6, 6.07) is 9.96. The molecule has 0 bridgehead atoms. The van der Waals surface area contributed by atoms with Gasteiger partial charge in [0.25, 0.3) is 0 Å². The van der Waals surface area contributed by atoms with Crippen LogP contribution < -0.4 is 4.72 Å². The van der Waals surface area contributed by atoms with Gasteiger partial charge in [0.1, 0.15) is 12.2 Å². The van der Waals surface area contributed by atoms with Gasteiger partial charge in [-0.2, -0.15) is 0 Å². The fourth-order valence-corrected chi connectivity index (χ4v) is 2.65. The van der Waals surface area contributed by atoms with E-state index in [2.05, 4.69) is 16.6 Å². The van der Waals surface area contributed by atoms with Crippen molar-refractivity contribution in [3.8, 4) is 0 Å². The zero-order valence-electron chi connectivity index (χ0n) is 13.1. The molecule has 0 aliphatic rings. The monoisotopic (exact) mass is 320 g/mol. The molecule has 0 unspecified atom stereocenters. The number of aromatic nitrogens is 1. The zero-order valence-corrected chi connectivity index (χ0v) is 13.9. The number of unbranched alkanes of at least 4 members (excludes halogenated alkanes) is 5. The topological polar surface area (TPSA) is 43.4 Å². The third-order valence-corrected chi connectivity index (χ3v) is 3.92. The highest BCUT2D eigenvalue weighted by Gasteiger charge is 2.01. The van der Waals surface area contributed by atoms with Gasteiger partial charge in [0.15, 0.2) is 0 Å². The SMILES string of the molecule is CCCCCCCCOOSNc1cccc2cccnc12. The van der Waals surface area contributed by atoms with Gasteiger partial charge in [-0.15, -0.1) is 4.33 Å². The number of nitrogens with one attached hydrogen (secondary N) is 1. The summed E-state index contributed by atoms with van der Waals surface area (Å²) in [6.07, 6.45) is 9.25. The fourth-order valence-electron chi connectivity index (χ4n) is 2.25. The quantitative estimate of drug-likeness (QED) is 0.194. The first kappa shape index (κ1) is 17.1. The number of para-hydroxylation sites is 1. The van der Waals surface area contributed by atoms with Gasteiger partial charge in [0.2, 0.25) is 0 Å². The summed E-state index contributed by atoms with van der Waals surface area (Å²) in [5.41, 5.74) is 1.85. The Hall–Kier alpha value is -1.30. The van der Waals surface area contributed by atoms with Crippen LogP contribution in [0.5, 0.6) is 0 Å². The maximum atomic E-state index is 5.15. The van der Waals surface area contributed by atoms with Crippen LogP contribution in [0.3, 0.4) is 0 Å². The second-order valence-corrected chi connectivity index (χ2v) is 5.73.